The number of rotatable bonds is 5. The number of hydrogen-bond donors (Lipinski definition) is 1. The molecular weight excluding hydrogens is 310 g/mol. The van der Waals surface area contributed by atoms with Gasteiger partial charge in [-0.1, -0.05) is 72.4 Å². The highest BCUT2D eigenvalue weighted by Crippen LogP contribution is 2.33. The molecule has 0 unspecified atom stereocenters. The summed E-state index contributed by atoms with van der Waals surface area (Å²) < 4.78 is 0. The van der Waals surface area contributed by atoms with Crippen molar-refractivity contribution < 1.29 is 9.90 Å². The maximum Gasteiger partial charge on any atom is 0.321 e. The Balaban J connectivity index is 1.88. The highest BCUT2D eigenvalue weighted by Gasteiger charge is 2.22. The molecule has 1 aromatic heterocycles. The number of thioether (sulfide) groups is 1. The van der Waals surface area contributed by atoms with E-state index >= 15 is 0 Å². The smallest absolute Gasteiger partial charge is 0.321 e. The maximum absolute atomic E-state index is 11.6. The van der Waals surface area contributed by atoms with Crippen LogP contribution < -0.4 is 0 Å². The molecular formula is C17H13N3O2S. The molecule has 0 radical (unpaired) electrons. The van der Waals surface area contributed by atoms with Crippen LogP contribution in [0.3, 0.4) is 0 Å². The Labute approximate surface area is 137 Å². The summed E-state index contributed by atoms with van der Waals surface area (Å²) in [6.07, 6.45) is 1.57. The van der Waals surface area contributed by atoms with Gasteiger partial charge in [0.05, 0.1) is 11.9 Å². The molecule has 6 heteroatoms. The van der Waals surface area contributed by atoms with E-state index in [2.05, 4.69) is 15.2 Å². The highest BCUT2D eigenvalue weighted by molar-refractivity contribution is 8.00. The minimum Gasteiger partial charge on any atom is -0.480 e. The third-order valence-electron chi connectivity index (χ3n) is 3.16. The van der Waals surface area contributed by atoms with Crippen LogP contribution in [-0.4, -0.2) is 26.3 Å². The van der Waals surface area contributed by atoms with E-state index in [0.29, 0.717) is 16.4 Å². The van der Waals surface area contributed by atoms with Gasteiger partial charge < -0.3 is 5.11 Å². The number of carboxylic acids is 1. The van der Waals surface area contributed by atoms with Crippen LogP contribution in [0.15, 0.2) is 72.0 Å². The van der Waals surface area contributed by atoms with E-state index in [0.717, 1.165) is 17.3 Å². The zero-order chi connectivity index (χ0) is 16.1. The minimum atomic E-state index is -0.935. The third-order valence-corrected chi connectivity index (χ3v) is 4.25. The van der Waals surface area contributed by atoms with Crippen LogP contribution in [0.1, 0.15) is 10.8 Å². The van der Waals surface area contributed by atoms with Crippen molar-refractivity contribution in [2.75, 3.05) is 0 Å². The van der Waals surface area contributed by atoms with Crippen LogP contribution in [0.4, 0.5) is 0 Å². The van der Waals surface area contributed by atoms with Crippen LogP contribution in [0.5, 0.6) is 0 Å². The van der Waals surface area contributed by atoms with Crippen molar-refractivity contribution in [3.63, 3.8) is 0 Å². The van der Waals surface area contributed by atoms with Gasteiger partial charge in [0, 0.05) is 5.56 Å². The minimum absolute atomic E-state index is 0.336. The summed E-state index contributed by atoms with van der Waals surface area (Å²) in [5, 5.41) is 16.9. The Bertz CT molecular complexity index is 797. The van der Waals surface area contributed by atoms with Crippen molar-refractivity contribution >= 4 is 17.7 Å². The lowest BCUT2D eigenvalue weighted by Gasteiger charge is -2.11. The second-order valence-electron chi connectivity index (χ2n) is 4.74. The Hall–Kier alpha value is -2.73. The van der Waals surface area contributed by atoms with Crippen LogP contribution in [0.25, 0.3) is 11.3 Å². The zero-order valence-corrected chi connectivity index (χ0v) is 12.9. The molecule has 3 aromatic rings. The first-order chi connectivity index (χ1) is 11.2. The fraction of sp³-hybridized carbons (Fsp3) is 0.0588. The van der Waals surface area contributed by atoms with Crippen molar-refractivity contribution in [1.82, 2.24) is 15.2 Å². The highest BCUT2D eigenvalue weighted by atomic mass is 32.2. The number of aromatic nitrogens is 3. The van der Waals surface area contributed by atoms with Gasteiger partial charge >= 0.3 is 5.97 Å². The quantitative estimate of drug-likeness (QED) is 0.725. The van der Waals surface area contributed by atoms with E-state index in [1.165, 1.54) is 0 Å². The Morgan fingerprint density at radius 2 is 1.65 bits per heavy atom. The first-order valence-corrected chi connectivity index (χ1v) is 7.81. The third kappa shape index (κ3) is 3.73. The molecule has 23 heavy (non-hydrogen) atoms. The van der Waals surface area contributed by atoms with Gasteiger partial charge in [0.1, 0.15) is 5.25 Å². The molecule has 0 aliphatic carbocycles. The van der Waals surface area contributed by atoms with E-state index in [-0.39, 0.29) is 0 Å². The predicted octanol–water partition coefficient (Wildman–Crippen LogP) is 3.46. The van der Waals surface area contributed by atoms with Crippen molar-refractivity contribution in [3.8, 4) is 11.3 Å². The van der Waals surface area contributed by atoms with Crippen LogP contribution in [0, 0.1) is 0 Å². The normalized spacial score (nSPS) is 11.8. The summed E-state index contributed by atoms with van der Waals surface area (Å²) in [6, 6.07) is 18.6. The molecule has 0 bridgehead atoms. The summed E-state index contributed by atoms with van der Waals surface area (Å²) in [6.45, 7) is 0. The summed E-state index contributed by atoms with van der Waals surface area (Å²) in [5.74, 6) is -0.935. The van der Waals surface area contributed by atoms with Crippen molar-refractivity contribution in [3.05, 3.63) is 72.4 Å². The number of nitrogens with zero attached hydrogens (tertiary/aromatic N) is 3. The van der Waals surface area contributed by atoms with E-state index in [1.807, 2.05) is 48.5 Å². The first-order valence-electron chi connectivity index (χ1n) is 6.93. The number of aliphatic carboxylic acids is 1. The van der Waals surface area contributed by atoms with Crippen molar-refractivity contribution in [2.24, 2.45) is 0 Å². The number of benzene rings is 2. The average Bonchev–Trinajstić information content (AvgIpc) is 2.61. The molecule has 1 atom stereocenters. The van der Waals surface area contributed by atoms with Crippen LogP contribution >= 0.6 is 11.8 Å². The fourth-order valence-corrected chi connectivity index (χ4v) is 2.93. The molecule has 1 N–H and O–H groups in total. The van der Waals surface area contributed by atoms with Crippen molar-refractivity contribution in [2.45, 2.75) is 10.4 Å². The predicted molar refractivity (Wildman–Crippen MR) is 87.9 cm³/mol. The Morgan fingerprint density at radius 1 is 1.00 bits per heavy atom. The summed E-state index contributed by atoms with van der Waals surface area (Å²) in [5.41, 5.74) is 2.27. The topological polar surface area (TPSA) is 76.0 Å². The molecule has 0 spiro atoms. The average molecular weight is 323 g/mol. The Kier molecular flexibility index (Phi) is 4.63. The fourth-order valence-electron chi connectivity index (χ4n) is 2.08. The largest absolute Gasteiger partial charge is 0.480 e. The first kappa shape index (κ1) is 15.2. The summed E-state index contributed by atoms with van der Waals surface area (Å²) >= 11 is 1.07. The number of carboxylic acid groups (broad SMARTS) is 1. The van der Waals surface area contributed by atoms with Crippen LogP contribution in [-0.2, 0) is 4.79 Å². The molecule has 1 heterocycles. The lowest BCUT2D eigenvalue weighted by Crippen LogP contribution is -2.09. The van der Waals surface area contributed by atoms with Crippen LogP contribution in [0.2, 0.25) is 0 Å². The molecule has 114 valence electrons. The molecule has 0 saturated carbocycles. The van der Waals surface area contributed by atoms with Gasteiger partial charge in [-0.3, -0.25) is 4.79 Å². The van der Waals surface area contributed by atoms with E-state index in [1.54, 1.807) is 18.3 Å². The lowest BCUT2D eigenvalue weighted by molar-refractivity contribution is -0.136. The van der Waals surface area contributed by atoms with Gasteiger partial charge in [-0.05, 0) is 5.56 Å². The maximum atomic E-state index is 11.6. The zero-order valence-electron chi connectivity index (χ0n) is 12.0. The van der Waals surface area contributed by atoms with Gasteiger partial charge in [-0.2, -0.15) is 5.10 Å². The molecule has 0 aliphatic heterocycles. The van der Waals surface area contributed by atoms with Gasteiger partial charge in [-0.25, -0.2) is 4.98 Å². The molecule has 0 saturated heterocycles. The molecule has 3 rings (SSSR count). The van der Waals surface area contributed by atoms with E-state index in [4.69, 9.17) is 0 Å². The second kappa shape index (κ2) is 7.02. The van der Waals surface area contributed by atoms with Gasteiger partial charge in [0.15, 0.2) is 0 Å². The van der Waals surface area contributed by atoms with Gasteiger partial charge in [0.2, 0.25) is 5.16 Å². The molecule has 5 nitrogen and oxygen atoms in total. The second-order valence-corrected chi connectivity index (χ2v) is 5.81. The SMILES string of the molecule is O=C(O)[C@H](Sc1nncc(-c2ccccc2)n1)c1ccccc1. The summed E-state index contributed by atoms with van der Waals surface area (Å²) in [7, 11) is 0. The number of hydrogen-bond acceptors (Lipinski definition) is 5. The number of carbonyl (C=O) groups is 1. The standard InChI is InChI=1S/C17H13N3O2S/c21-16(22)15(13-9-5-2-6-10-13)23-17-19-14(11-18-20-17)12-7-3-1-4-8-12/h1-11,15H,(H,21,22)/t15-/m1/s1. The van der Waals surface area contributed by atoms with E-state index < -0.39 is 11.2 Å². The Morgan fingerprint density at radius 3 is 2.30 bits per heavy atom. The molecule has 0 amide bonds. The summed E-state index contributed by atoms with van der Waals surface area (Å²) in [4.78, 5) is 16.0. The van der Waals surface area contributed by atoms with E-state index in [9.17, 15) is 9.90 Å². The van der Waals surface area contributed by atoms with Gasteiger partial charge in [-0.15, -0.1) is 5.10 Å². The van der Waals surface area contributed by atoms with Crippen molar-refractivity contribution in [1.29, 1.82) is 0 Å². The monoisotopic (exact) mass is 323 g/mol. The lowest BCUT2D eigenvalue weighted by atomic mass is 10.1. The molecule has 0 fully saturated rings. The molecule has 0 aliphatic rings. The molecule has 2 aromatic carbocycles. The van der Waals surface area contributed by atoms with Gasteiger partial charge in [0.25, 0.3) is 0 Å².